The first-order valence-electron chi connectivity index (χ1n) is 10.7. The third-order valence-corrected chi connectivity index (χ3v) is 9.72. The van der Waals surface area contributed by atoms with E-state index in [1.54, 1.807) is 16.8 Å². The van der Waals surface area contributed by atoms with E-state index in [9.17, 15) is 13.2 Å². The zero-order valence-electron chi connectivity index (χ0n) is 17.5. The van der Waals surface area contributed by atoms with Crippen molar-refractivity contribution in [2.45, 2.75) is 56.6 Å². The number of nitrogens with zero attached hydrogens (tertiary/aromatic N) is 3. The Morgan fingerprint density at radius 1 is 1.23 bits per heavy atom. The number of carbonyl (C=O) groups is 1. The minimum absolute atomic E-state index is 0.0375. The van der Waals surface area contributed by atoms with Crippen LogP contribution < -0.4 is 10.4 Å². The predicted molar refractivity (Wildman–Crippen MR) is 115 cm³/mol. The zero-order chi connectivity index (χ0) is 21.6. The first-order chi connectivity index (χ1) is 14.4. The van der Waals surface area contributed by atoms with Gasteiger partial charge in [0.2, 0.25) is 10.0 Å². The van der Waals surface area contributed by atoms with Crippen LogP contribution in [0.3, 0.4) is 0 Å². The Morgan fingerprint density at radius 3 is 2.57 bits per heavy atom. The molecule has 0 unspecified atom stereocenters. The maximum atomic E-state index is 13.3. The number of carbonyl (C=O) groups excluding carboxylic acids is 1. The molecule has 11 heteroatoms. The summed E-state index contributed by atoms with van der Waals surface area (Å²) in [5.41, 5.74) is 1.56. The van der Waals surface area contributed by atoms with E-state index in [1.807, 2.05) is 6.20 Å². The lowest BCUT2D eigenvalue weighted by atomic mass is 9.98. The number of anilines is 1. The molecule has 30 heavy (non-hydrogen) atoms. The molecule has 1 amide bonds. The van der Waals surface area contributed by atoms with Gasteiger partial charge in [0.1, 0.15) is 0 Å². The van der Waals surface area contributed by atoms with Crippen molar-refractivity contribution in [1.29, 1.82) is 0 Å². The van der Waals surface area contributed by atoms with E-state index in [2.05, 4.69) is 16.8 Å². The fourth-order valence-corrected chi connectivity index (χ4v) is 7.16. The molecule has 2 N–H and O–H groups in total. The standard InChI is InChI=1S/C19H32N4O5S2/c1-2-3-4-5-6-16-15-20-18(29-16)22-9-11-23(12-10-22)30(26,27)19(17(24)21-25)7-13-28-14-8-19/h15,25H,2-14H2,1H3,(H,21,24). The lowest BCUT2D eigenvalue weighted by molar-refractivity contribution is -0.134. The molecular formula is C19H32N4O5S2. The summed E-state index contributed by atoms with van der Waals surface area (Å²) in [5, 5.41) is 10.1. The van der Waals surface area contributed by atoms with Gasteiger partial charge < -0.3 is 9.64 Å². The number of hydrogen-bond acceptors (Lipinski definition) is 8. The van der Waals surface area contributed by atoms with Crippen LogP contribution in [0.1, 0.15) is 50.3 Å². The van der Waals surface area contributed by atoms with Crippen LogP contribution in [0.2, 0.25) is 0 Å². The third kappa shape index (κ3) is 4.80. The Morgan fingerprint density at radius 2 is 1.93 bits per heavy atom. The molecule has 1 aromatic heterocycles. The molecule has 0 aliphatic carbocycles. The fourth-order valence-electron chi connectivity index (χ4n) is 4.06. The van der Waals surface area contributed by atoms with Crippen LogP contribution in [0.15, 0.2) is 6.20 Å². The highest BCUT2D eigenvalue weighted by molar-refractivity contribution is 7.91. The number of ether oxygens (including phenoxy) is 1. The molecule has 0 spiro atoms. The summed E-state index contributed by atoms with van der Waals surface area (Å²) in [4.78, 5) is 20.3. The number of unbranched alkanes of at least 4 members (excludes halogenated alkanes) is 3. The van der Waals surface area contributed by atoms with E-state index < -0.39 is 20.7 Å². The first kappa shape index (κ1) is 23.4. The van der Waals surface area contributed by atoms with Crippen molar-refractivity contribution in [3.05, 3.63) is 11.1 Å². The number of hydrogen-bond donors (Lipinski definition) is 2. The predicted octanol–water partition coefficient (Wildman–Crippen LogP) is 1.77. The van der Waals surface area contributed by atoms with Gasteiger partial charge >= 0.3 is 0 Å². The molecular weight excluding hydrogens is 428 g/mol. The van der Waals surface area contributed by atoms with Gasteiger partial charge in [0.15, 0.2) is 9.88 Å². The maximum absolute atomic E-state index is 13.3. The average molecular weight is 461 g/mol. The van der Waals surface area contributed by atoms with Gasteiger partial charge in [-0.2, -0.15) is 4.31 Å². The van der Waals surface area contributed by atoms with Crippen molar-refractivity contribution in [3.63, 3.8) is 0 Å². The third-order valence-electron chi connectivity index (χ3n) is 5.98. The summed E-state index contributed by atoms with van der Waals surface area (Å²) in [5.74, 6) is -0.874. The molecule has 2 fully saturated rings. The molecule has 0 atom stereocenters. The van der Waals surface area contributed by atoms with Crippen molar-refractivity contribution in [1.82, 2.24) is 14.8 Å². The number of rotatable bonds is 9. The van der Waals surface area contributed by atoms with Gasteiger partial charge in [0.25, 0.3) is 5.91 Å². The second-order valence-corrected chi connectivity index (χ2v) is 11.2. The number of thiazole rings is 1. The quantitative estimate of drug-likeness (QED) is 0.328. The van der Waals surface area contributed by atoms with Gasteiger partial charge in [-0.3, -0.25) is 10.0 Å². The van der Waals surface area contributed by atoms with Crippen LogP contribution in [0, 0.1) is 0 Å². The Hall–Kier alpha value is -1.27. The van der Waals surface area contributed by atoms with Crippen LogP contribution in [0.25, 0.3) is 0 Å². The number of amides is 1. The Balaban J connectivity index is 1.62. The molecule has 1 aromatic rings. The van der Waals surface area contributed by atoms with E-state index in [-0.39, 0.29) is 39.1 Å². The van der Waals surface area contributed by atoms with Crippen molar-refractivity contribution in [2.24, 2.45) is 0 Å². The van der Waals surface area contributed by atoms with Gasteiger partial charge in [-0.25, -0.2) is 18.9 Å². The molecule has 2 aliphatic heterocycles. The molecule has 0 radical (unpaired) electrons. The molecule has 3 rings (SSSR count). The van der Waals surface area contributed by atoms with E-state index >= 15 is 0 Å². The van der Waals surface area contributed by atoms with Gasteiger partial charge in [-0.1, -0.05) is 26.2 Å². The number of piperazine rings is 1. The molecule has 3 heterocycles. The van der Waals surface area contributed by atoms with Crippen LogP contribution in [0.5, 0.6) is 0 Å². The first-order valence-corrected chi connectivity index (χ1v) is 12.9. The van der Waals surface area contributed by atoms with E-state index in [4.69, 9.17) is 9.94 Å². The summed E-state index contributed by atoms with van der Waals surface area (Å²) >= 11 is 1.68. The molecule has 2 saturated heterocycles. The maximum Gasteiger partial charge on any atom is 0.266 e. The van der Waals surface area contributed by atoms with Crippen molar-refractivity contribution in [2.75, 3.05) is 44.3 Å². The van der Waals surface area contributed by atoms with E-state index in [1.165, 1.54) is 34.9 Å². The lowest BCUT2D eigenvalue weighted by Crippen LogP contribution is -2.62. The summed E-state index contributed by atoms with van der Waals surface area (Å²) in [6.45, 7) is 4.17. The van der Waals surface area contributed by atoms with E-state index in [0.717, 1.165) is 11.6 Å². The molecule has 0 aromatic carbocycles. The Bertz CT molecular complexity index is 800. The molecule has 170 valence electrons. The number of sulfonamides is 1. The van der Waals surface area contributed by atoms with Gasteiger partial charge in [0.05, 0.1) is 0 Å². The highest BCUT2D eigenvalue weighted by atomic mass is 32.2. The SMILES string of the molecule is CCCCCCc1cnc(N2CCN(S(=O)(=O)C3(C(=O)NO)CCOCC3)CC2)s1. The number of aryl methyl sites for hydroxylation is 1. The normalized spacial score (nSPS) is 20.3. The lowest BCUT2D eigenvalue weighted by Gasteiger charge is -2.41. The summed E-state index contributed by atoms with van der Waals surface area (Å²) in [7, 11) is -3.94. The summed E-state index contributed by atoms with van der Waals surface area (Å²) < 4.78 is 31.7. The highest BCUT2D eigenvalue weighted by Crippen LogP contribution is 2.34. The Kier molecular flexibility index (Phi) is 8.08. The average Bonchev–Trinajstić information content (AvgIpc) is 3.25. The van der Waals surface area contributed by atoms with Gasteiger partial charge in [-0.05, 0) is 12.8 Å². The van der Waals surface area contributed by atoms with Gasteiger partial charge in [-0.15, -0.1) is 11.3 Å². The summed E-state index contributed by atoms with van der Waals surface area (Å²) in [6, 6.07) is 0. The molecule has 0 bridgehead atoms. The smallest absolute Gasteiger partial charge is 0.266 e. The van der Waals surface area contributed by atoms with Gasteiger partial charge in [0, 0.05) is 63.3 Å². The highest BCUT2D eigenvalue weighted by Gasteiger charge is 2.54. The minimum Gasteiger partial charge on any atom is -0.381 e. The fraction of sp³-hybridized carbons (Fsp3) is 0.789. The second kappa shape index (κ2) is 10.4. The monoisotopic (exact) mass is 460 g/mol. The van der Waals surface area contributed by atoms with Crippen LogP contribution in [-0.2, 0) is 26.0 Å². The largest absolute Gasteiger partial charge is 0.381 e. The molecule has 2 aliphatic rings. The second-order valence-electron chi connectivity index (χ2n) is 7.86. The molecule has 0 saturated carbocycles. The topological polar surface area (TPSA) is 112 Å². The summed E-state index contributed by atoms with van der Waals surface area (Å²) in [6.07, 6.45) is 7.91. The van der Waals surface area contributed by atoms with Crippen LogP contribution in [-0.4, -0.2) is 73.0 Å². The number of nitrogens with one attached hydrogen (secondary N) is 1. The number of hydroxylamine groups is 1. The van der Waals surface area contributed by atoms with Crippen LogP contribution >= 0.6 is 11.3 Å². The van der Waals surface area contributed by atoms with Crippen molar-refractivity contribution >= 4 is 32.4 Å². The number of aromatic nitrogens is 1. The van der Waals surface area contributed by atoms with Crippen molar-refractivity contribution in [3.8, 4) is 0 Å². The zero-order valence-corrected chi connectivity index (χ0v) is 19.1. The van der Waals surface area contributed by atoms with Crippen LogP contribution in [0.4, 0.5) is 5.13 Å². The van der Waals surface area contributed by atoms with E-state index in [0.29, 0.717) is 13.1 Å². The molecule has 9 nitrogen and oxygen atoms in total. The van der Waals surface area contributed by atoms with Crippen molar-refractivity contribution < 1.29 is 23.2 Å². The Labute approximate surface area is 182 Å². The minimum atomic E-state index is -3.94.